The van der Waals surface area contributed by atoms with Gasteiger partial charge in [-0.1, -0.05) is 105 Å². The minimum Gasteiger partial charge on any atom is -0.278 e. The van der Waals surface area contributed by atoms with E-state index in [1.807, 2.05) is 6.07 Å². The average molecular weight is 381 g/mol. The molecule has 1 aliphatic rings. The lowest BCUT2D eigenvalue weighted by Gasteiger charge is -2.27. The van der Waals surface area contributed by atoms with Crippen LogP contribution in [0.5, 0.6) is 0 Å². The maximum atomic E-state index is 4.86. The molecule has 0 aliphatic heterocycles. The van der Waals surface area contributed by atoms with Crippen molar-refractivity contribution < 1.29 is 0 Å². The number of nitrogens with zero attached hydrogens (tertiary/aromatic N) is 1. The van der Waals surface area contributed by atoms with Crippen LogP contribution in [-0.2, 0) is 0 Å². The minimum atomic E-state index is 0.155. The normalized spacial score (nSPS) is 16.9. The predicted octanol–water partition coefficient (Wildman–Crippen LogP) is 7.20. The van der Waals surface area contributed by atoms with Gasteiger partial charge in [0.05, 0.1) is 11.4 Å². The molecule has 4 rings (SSSR count). The molecule has 1 aliphatic carbocycles. The van der Waals surface area contributed by atoms with Gasteiger partial charge in [-0.3, -0.25) is 5.43 Å². The van der Waals surface area contributed by atoms with E-state index in [1.165, 1.54) is 16.3 Å². The summed E-state index contributed by atoms with van der Waals surface area (Å²) >= 11 is 0. The molecule has 146 valence electrons. The summed E-state index contributed by atoms with van der Waals surface area (Å²) in [4.78, 5) is 0. The molecule has 1 N–H and O–H groups in total. The first-order chi connectivity index (χ1) is 14.0. The van der Waals surface area contributed by atoms with Crippen LogP contribution in [0.25, 0.3) is 10.8 Å². The smallest absolute Gasteiger partial charge is 0.0688 e. The fraction of sp³-hybridized carbons (Fsp3) is 0.222. The summed E-state index contributed by atoms with van der Waals surface area (Å²) in [6, 6.07) is 25.2. The van der Waals surface area contributed by atoms with Crippen LogP contribution in [-0.4, -0.2) is 5.71 Å². The lowest BCUT2D eigenvalue weighted by molar-refractivity contribution is 0.460. The summed E-state index contributed by atoms with van der Waals surface area (Å²) in [6.07, 6.45) is 7.63. The summed E-state index contributed by atoms with van der Waals surface area (Å²) in [5.41, 5.74) is 8.17. The van der Waals surface area contributed by atoms with Crippen molar-refractivity contribution in [2.75, 3.05) is 5.43 Å². The monoisotopic (exact) mass is 380 g/mol. The second-order valence-corrected chi connectivity index (χ2v) is 8.67. The zero-order chi connectivity index (χ0) is 20.3. The van der Waals surface area contributed by atoms with Gasteiger partial charge < -0.3 is 0 Å². The lowest BCUT2D eigenvalue weighted by atomic mass is 9.78. The van der Waals surface area contributed by atoms with Crippen molar-refractivity contribution in [1.29, 1.82) is 0 Å². The minimum absolute atomic E-state index is 0.155. The van der Waals surface area contributed by atoms with E-state index in [0.29, 0.717) is 5.92 Å². The fourth-order valence-corrected chi connectivity index (χ4v) is 3.96. The fourth-order valence-electron chi connectivity index (χ4n) is 3.96. The molecule has 1 unspecified atom stereocenters. The largest absolute Gasteiger partial charge is 0.278 e. The zero-order valence-corrected chi connectivity index (χ0v) is 17.4. The molecule has 0 radical (unpaired) electrons. The molecule has 3 aromatic rings. The molecular formula is C27H28N2. The van der Waals surface area contributed by atoms with Gasteiger partial charge in [0, 0.05) is 12.3 Å². The van der Waals surface area contributed by atoms with Crippen molar-refractivity contribution in [3.8, 4) is 0 Å². The second kappa shape index (κ2) is 8.08. The molecule has 0 fully saturated rings. The van der Waals surface area contributed by atoms with Crippen LogP contribution >= 0.6 is 0 Å². The van der Waals surface area contributed by atoms with Gasteiger partial charge in [0.15, 0.2) is 0 Å². The van der Waals surface area contributed by atoms with E-state index in [9.17, 15) is 0 Å². The maximum absolute atomic E-state index is 4.86. The predicted molar refractivity (Wildman–Crippen MR) is 125 cm³/mol. The molecule has 2 nitrogen and oxygen atoms in total. The van der Waals surface area contributed by atoms with Crippen molar-refractivity contribution in [3.05, 3.63) is 102 Å². The third kappa shape index (κ3) is 4.48. The quantitative estimate of drug-likeness (QED) is 0.367. The van der Waals surface area contributed by atoms with Crippen LogP contribution in [0.2, 0.25) is 0 Å². The zero-order valence-electron chi connectivity index (χ0n) is 17.4. The molecule has 0 saturated heterocycles. The van der Waals surface area contributed by atoms with Crippen molar-refractivity contribution in [1.82, 2.24) is 0 Å². The average Bonchev–Trinajstić information content (AvgIpc) is 3.20. The van der Waals surface area contributed by atoms with Crippen molar-refractivity contribution in [3.63, 3.8) is 0 Å². The number of hydrazone groups is 1. The molecular weight excluding hydrogens is 352 g/mol. The number of anilines is 1. The highest BCUT2D eigenvalue weighted by molar-refractivity contribution is 6.01. The molecule has 0 aromatic heterocycles. The van der Waals surface area contributed by atoms with Gasteiger partial charge >= 0.3 is 0 Å². The van der Waals surface area contributed by atoms with Gasteiger partial charge in [-0.05, 0) is 33.9 Å². The van der Waals surface area contributed by atoms with Crippen molar-refractivity contribution in [2.24, 2.45) is 16.4 Å². The Labute approximate surface area is 173 Å². The van der Waals surface area contributed by atoms with E-state index in [0.717, 1.165) is 23.4 Å². The van der Waals surface area contributed by atoms with Crippen LogP contribution in [0.15, 0.2) is 102 Å². The second-order valence-electron chi connectivity index (χ2n) is 8.67. The number of nitrogens with one attached hydrogen (secondary N) is 1. The van der Waals surface area contributed by atoms with Gasteiger partial charge in [-0.2, -0.15) is 5.10 Å². The van der Waals surface area contributed by atoms with E-state index in [1.54, 1.807) is 0 Å². The number of allylic oxidation sites excluding steroid dienone is 4. The first kappa shape index (κ1) is 19.2. The topological polar surface area (TPSA) is 24.4 Å². The summed E-state index contributed by atoms with van der Waals surface area (Å²) in [5, 5.41) is 7.31. The first-order valence-corrected chi connectivity index (χ1v) is 10.3. The highest BCUT2D eigenvalue weighted by atomic mass is 15.3. The van der Waals surface area contributed by atoms with Gasteiger partial charge in [0.2, 0.25) is 0 Å². The van der Waals surface area contributed by atoms with Gasteiger partial charge in [-0.15, -0.1) is 0 Å². The Hall–Kier alpha value is -3.13. The van der Waals surface area contributed by atoms with E-state index in [4.69, 9.17) is 5.10 Å². The maximum Gasteiger partial charge on any atom is 0.0688 e. The van der Waals surface area contributed by atoms with Crippen LogP contribution in [0, 0.1) is 11.3 Å². The molecule has 3 aromatic carbocycles. The highest BCUT2D eigenvalue weighted by Gasteiger charge is 2.27. The Morgan fingerprint density at radius 1 is 0.897 bits per heavy atom. The molecule has 0 amide bonds. The Morgan fingerprint density at radius 3 is 2.38 bits per heavy atom. The number of benzene rings is 3. The SMILES string of the molecule is CC(C)(C)C1=CC=CC1CC(=NNc1ccc2ccccc2c1)c1ccccc1. The molecule has 0 spiro atoms. The summed E-state index contributed by atoms with van der Waals surface area (Å²) in [6.45, 7) is 6.85. The molecule has 0 bridgehead atoms. The van der Waals surface area contributed by atoms with E-state index in [-0.39, 0.29) is 5.41 Å². The summed E-state index contributed by atoms with van der Waals surface area (Å²) in [7, 11) is 0. The van der Waals surface area contributed by atoms with Crippen LogP contribution < -0.4 is 5.43 Å². The van der Waals surface area contributed by atoms with E-state index >= 15 is 0 Å². The number of rotatable bonds is 5. The standard InChI is InChI=1S/C27H28N2/c1-27(2,3)25-15-9-14-23(25)19-26(21-11-5-4-6-12-21)29-28-24-17-16-20-10-7-8-13-22(20)18-24/h4-18,23,28H,19H2,1-3H3. The van der Waals surface area contributed by atoms with E-state index < -0.39 is 0 Å². The van der Waals surface area contributed by atoms with Gasteiger partial charge in [0.1, 0.15) is 0 Å². The van der Waals surface area contributed by atoms with Gasteiger partial charge in [-0.25, -0.2) is 0 Å². The Balaban J connectivity index is 1.62. The first-order valence-electron chi connectivity index (χ1n) is 10.3. The Morgan fingerprint density at radius 2 is 1.62 bits per heavy atom. The molecule has 0 saturated carbocycles. The molecule has 29 heavy (non-hydrogen) atoms. The Bertz CT molecular complexity index is 1080. The van der Waals surface area contributed by atoms with Crippen LogP contribution in [0.3, 0.4) is 0 Å². The number of hydrogen-bond donors (Lipinski definition) is 1. The third-order valence-corrected chi connectivity index (χ3v) is 5.47. The van der Waals surface area contributed by atoms with Gasteiger partial charge in [0.25, 0.3) is 0 Å². The Kier molecular flexibility index (Phi) is 5.35. The third-order valence-electron chi connectivity index (χ3n) is 5.47. The molecule has 1 atom stereocenters. The number of fused-ring (bicyclic) bond motifs is 1. The van der Waals surface area contributed by atoms with Crippen LogP contribution in [0.1, 0.15) is 32.8 Å². The van der Waals surface area contributed by atoms with Crippen LogP contribution in [0.4, 0.5) is 5.69 Å². The lowest BCUT2D eigenvalue weighted by Crippen LogP contribution is -2.18. The number of hydrogen-bond acceptors (Lipinski definition) is 2. The van der Waals surface area contributed by atoms with Crippen molar-refractivity contribution in [2.45, 2.75) is 27.2 Å². The molecule has 0 heterocycles. The summed E-state index contributed by atoms with van der Waals surface area (Å²) < 4.78 is 0. The van der Waals surface area contributed by atoms with Crippen molar-refractivity contribution >= 4 is 22.2 Å². The highest BCUT2D eigenvalue weighted by Crippen LogP contribution is 2.37. The molecule has 2 heteroatoms. The summed E-state index contributed by atoms with van der Waals surface area (Å²) in [5.74, 6) is 0.382. The van der Waals surface area contributed by atoms with E-state index in [2.05, 4.69) is 111 Å².